The van der Waals surface area contributed by atoms with Crippen LogP contribution in [0.1, 0.15) is 11.4 Å². The Kier molecular flexibility index (Phi) is 2.45. The number of anilines is 1. The summed E-state index contributed by atoms with van der Waals surface area (Å²) in [7, 11) is 0. The van der Waals surface area contributed by atoms with E-state index in [0.717, 1.165) is 22.8 Å². The largest absolute Gasteiger partial charge is 0.397 e. The van der Waals surface area contributed by atoms with Gasteiger partial charge in [0.2, 0.25) is 0 Å². The first kappa shape index (κ1) is 10.1. The van der Waals surface area contributed by atoms with Gasteiger partial charge >= 0.3 is 0 Å². The van der Waals surface area contributed by atoms with E-state index in [1.54, 1.807) is 6.07 Å². The van der Waals surface area contributed by atoms with Crippen molar-refractivity contribution in [3.05, 3.63) is 46.7 Å². The van der Waals surface area contributed by atoms with Gasteiger partial charge in [-0.15, -0.1) is 0 Å². The quantitative estimate of drug-likeness (QED) is 0.735. The predicted octanol–water partition coefficient (Wildman–Crippen LogP) is 3.33. The fourth-order valence-electron chi connectivity index (χ4n) is 1.76. The minimum absolute atomic E-state index is 0.701. The van der Waals surface area contributed by atoms with Gasteiger partial charge in [0, 0.05) is 16.4 Å². The lowest BCUT2D eigenvalue weighted by atomic mass is 10.2. The third-order valence-corrected chi connectivity index (χ3v) is 2.74. The van der Waals surface area contributed by atoms with Crippen molar-refractivity contribution in [1.82, 2.24) is 4.57 Å². The number of hydrogen-bond acceptors (Lipinski definition) is 1. The van der Waals surface area contributed by atoms with Crippen molar-refractivity contribution >= 4 is 17.3 Å². The minimum Gasteiger partial charge on any atom is -0.397 e. The summed E-state index contributed by atoms with van der Waals surface area (Å²) in [6.45, 7) is 4.10. The predicted molar refractivity (Wildman–Crippen MR) is 64.7 cm³/mol. The Bertz CT molecular complexity index is 481. The lowest BCUT2D eigenvalue weighted by molar-refractivity contribution is 0.968. The maximum absolute atomic E-state index is 5.97. The van der Waals surface area contributed by atoms with E-state index in [-0.39, 0.29) is 0 Å². The molecule has 1 heterocycles. The Morgan fingerprint density at radius 3 is 2.27 bits per heavy atom. The van der Waals surface area contributed by atoms with Gasteiger partial charge in [0.15, 0.2) is 0 Å². The maximum atomic E-state index is 5.97. The minimum atomic E-state index is 0.701. The van der Waals surface area contributed by atoms with Crippen LogP contribution in [0.2, 0.25) is 5.02 Å². The van der Waals surface area contributed by atoms with Gasteiger partial charge in [-0.25, -0.2) is 0 Å². The monoisotopic (exact) mass is 220 g/mol. The van der Waals surface area contributed by atoms with Gasteiger partial charge in [0.25, 0.3) is 0 Å². The number of rotatable bonds is 1. The fourth-order valence-corrected chi connectivity index (χ4v) is 1.93. The van der Waals surface area contributed by atoms with Crippen LogP contribution in [0.15, 0.2) is 30.3 Å². The molecule has 0 unspecified atom stereocenters. The van der Waals surface area contributed by atoms with E-state index in [4.69, 9.17) is 17.3 Å². The first-order valence-electron chi connectivity index (χ1n) is 4.80. The third-order valence-electron chi connectivity index (χ3n) is 2.50. The van der Waals surface area contributed by atoms with Gasteiger partial charge in [-0.2, -0.15) is 0 Å². The summed E-state index contributed by atoms with van der Waals surface area (Å²) < 4.78 is 2.10. The van der Waals surface area contributed by atoms with E-state index in [1.165, 1.54) is 0 Å². The van der Waals surface area contributed by atoms with Gasteiger partial charge in [0.1, 0.15) is 0 Å². The van der Waals surface area contributed by atoms with Crippen LogP contribution in [-0.2, 0) is 0 Å². The number of nitrogen functional groups attached to an aromatic ring is 1. The first-order valence-corrected chi connectivity index (χ1v) is 5.18. The van der Waals surface area contributed by atoms with E-state index >= 15 is 0 Å². The molecule has 1 aromatic heterocycles. The van der Waals surface area contributed by atoms with Crippen molar-refractivity contribution < 1.29 is 0 Å². The summed E-state index contributed by atoms with van der Waals surface area (Å²) in [5.74, 6) is 0. The Labute approximate surface area is 94.3 Å². The van der Waals surface area contributed by atoms with Crippen molar-refractivity contribution in [3.63, 3.8) is 0 Å². The van der Waals surface area contributed by atoms with E-state index in [1.807, 2.05) is 26.0 Å². The summed E-state index contributed by atoms with van der Waals surface area (Å²) in [6.07, 6.45) is 0. The number of hydrogen-bond donors (Lipinski definition) is 1. The number of nitrogens with two attached hydrogens (primary N) is 1. The van der Waals surface area contributed by atoms with Gasteiger partial charge in [-0.1, -0.05) is 11.6 Å². The van der Waals surface area contributed by atoms with Crippen molar-refractivity contribution in [2.75, 3.05) is 5.73 Å². The first-order chi connectivity index (χ1) is 7.09. The van der Waals surface area contributed by atoms with Crippen molar-refractivity contribution in [2.45, 2.75) is 13.8 Å². The Morgan fingerprint density at radius 2 is 1.67 bits per heavy atom. The van der Waals surface area contributed by atoms with Crippen LogP contribution >= 0.6 is 11.6 Å². The van der Waals surface area contributed by atoms with E-state index in [2.05, 4.69) is 16.7 Å². The van der Waals surface area contributed by atoms with Crippen LogP contribution in [-0.4, -0.2) is 4.57 Å². The topological polar surface area (TPSA) is 30.9 Å². The molecule has 0 saturated heterocycles. The summed E-state index contributed by atoms with van der Waals surface area (Å²) in [4.78, 5) is 0. The van der Waals surface area contributed by atoms with E-state index in [0.29, 0.717) is 5.02 Å². The molecule has 78 valence electrons. The summed E-state index contributed by atoms with van der Waals surface area (Å²) >= 11 is 5.97. The smallest absolute Gasteiger partial charge is 0.0700 e. The SMILES string of the molecule is Cc1ccc(C)n1-c1cc(Cl)ccc1N. The van der Waals surface area contributed by atoms with Crippen molar-refractivity contribution in [3.8, 4) is 5.69 Å². The van der Waals surface area contributed by atoms with E-state index in [9.17, 15) is 0 Å². The van der Waals surface area contributed by atoms with Crippen LogP contribution < -0.4 is 5.73 Å². The molecule has 2 N–H and O–H groups in total. The third kappa shape index (κ3) is 1.73. The molecule has 0 fully saturated rings. The van der Waals surface area contributed by atoms with Crippen LogP contribution in [0.4, 0.5) is 5.69 Å². The molecule has 0 aliphatic heterocycles. The second-order valence-electron chi connectivity index (χ2n) is 3.65. The average Bonchev–Trinajstić information content (AvgIpc) is 2.51. The Hall–Kier alpha value is -1.41. The summed E-state index contributed by atoms with van der Waals surface area (Å²) in [5.41, 5.74) is 9.93. The lowest BCUT2D eigenvalue weighted by Gasteiger charge is -2.12. The highest BCUT2D eigenvalue weighted by molar-refractivity contribution is 6.30. The second-order valence-corrected chi connectivity index (χ2v) is 4.09. The molecule has 0 radical (unpaired) electrons. The molecule has 2 rings (SSSR count). The standard InChI is InChI=1S/C12H13ClN2/c1-8-3-4-9(2)15(8)12-7-10(13)5-6-11(12)14/h3-7H,14H2,1-2H3. The number of benzene rings is 1. The lowest BCUT2D eigenvalue weighted by Crippen LogP contribution is -2.02. The van der Waals surface area contributed by atoms with Crippen LogP contribution in [0.25, 0.3) is 5.69 Å². The zero-order valence-corrected chi connectivity index (χ0v) is 9.55. The number of aryl methyl sites for hydroxylation is 2. The number of halogens is 1. The zero-order chi connectivity index (χ0) is 11.0. The highest BCUT2D eigenvalue weighted by atomic mass is 35.5. The molecule has 0 amide bonds. The molecule has 0 aliphatic rings. The van der Waals surface area contributed by atoms with Crippen molar-refractivity contribution in [2.24, 2.45) is 0 Å². The highest BCUT2D eigenvalue weighted by Crippen LogP contribution is 2.25. The number of aromatic nitrogens is 1. The van der Waals surface area contributed by atoms with Crippen LogP contribution in [0.5, 0.6) is 0 Å². The summed E-state index contributed by atoms with van der Waals surface area (Å²) in [5, 5.41) is 0.701. The van der Waals surface area contributed by atoms with Gasteiger partial charge in [-0.3, -0.25) is 0 Å². The highest BCUT2D eigenvalue weighted by Gasteiger charge is 2.07. The molecule has 1 aromatic carbocycles. The molecule has 3 heteroatoms. The van der Waals surface area contributed by atoms with Gasteiger partial charge in [0.05, 0.1) is 11.4 Å². The molecule has 0 spiro atoms. The zero-order valence-electron chi connectivity index (χ0n) is 8.79. The van der Waals surface area contributed by atoms with E-state index < -0.39 is 0 Å². The maximum Gasteiger partial charge on any atom is 0.0700 e. The molecule has 15 heavy (non-hydrogen) atoms. The molecule has 0 atom stereocenters. The normalized spacial score (nSPS) is 10.6. The molecular formula is C12H13ClN2. The van der Waals surface area contributed by atoms with Crippen LogP contribution in [0, 0.1) is 13.8 Å². The molecule has 2 aromatic rings. The van der Waals surface area contributed by atoms with Crippen molar-refractivity contribution in [1.29, 1.82) is 0 Å². The molecule has 0 saturated carbocycles. The Balaban J connectivity index is 2.68. The fraction of sp³-hybridized carbons (Fsp3) is 0.167. The summed E-state index contributed by atoms with van der Waals surface area (Å²) in [6, 6.07) is 9.65. The number of nitrogens with zero attached hydrogens (tertiary/aromatic N) is 1. The van der Waals surface area contributed by atoms with Gasteiger partial charge < -0.3 is 10.3 Å². The average molecular weight is 221 g/mol. The molecular weight excluding hydrogens is 208 g/mol. The Morgan fingerprint density at radius 1 is 1.07 bits per heavy atom. The second kappa shape index (κ2) is 3.63. The van der Waals surface area contributed by atoms with Crippen LogP contribution in [0.3, 0.4) is 0 Å². The molecule has 2 nitrogen and oxygen atoms in total. The molecule has 0 aliphatic carbocycles. The molecule has 0 bridgehead atoms. The van der Waals surface area contributed by atoms with Gasteiger partial charge in [-0.05, 0) is 44.2 Å².